The SMILES string of the molecule is N#Cc1ccc2nc(-c3n[nH]c4cc(C(=O)O)ccc34)[nH]c2c1. The molecule has 7 heteroatoms. The topological polar surface area (TPSA) is 118 Å². The van der Waals surface area contributed by atoms with Gasteiger partial charge in [-0.05, 0) is 36.4 Å². The van der Waals surface area contributed by atoms with E-state index in [1.807, 2.05) is 0 Å². The Labute approximate surface area is 129 Å². The Morgan fingerprint density at radius 2 is 2.04 bits per heavy atom. The number of nitriles is 1. The van der Waals surface area contributed by atoms with E-state index in [0.29, 0.717) is 22.6 Å². The van der Waals surface area contributed by atoms with Crippen LogP contribution in [0.2, 0.25) is 0 Å². The predicted molar refractivity (Wildman–Crippen MR) is 82.9 cm³/mol. The highest BCUT2D eigenvalue weighted by molar-refractivity contribution is 5.98. The number of imidazole rings is 1. The van der Waals surface area contributed by atoms with E-state index in [1.165, 1.54) is 12.1 Å². The molecule has 2 aromatic carbocycles. The number of aromatic carboxylic acids is 1. The molecule has 4 rings (SSSR count). The van der Waals surface area contributed by atoms with E-state index in [9.17, 15) is 4.79 Å². The van der Waals surface area contributed by atoms with Crippen LogP contribution in [0.25, 0.3) is 33.5 Å². The Morgan fingerprint density at radius 1 is 1.17 bits per heavy atom. The zero-order chi connectivity index (χ0) is 16.0. The fraction of sp³-hybridized carbons (Fsp3) is 0. The van der Waals surface area contributed by atoms with Gasteiger partial charge in [0.05, 0.1) is 33.7 Å². The third-order valence-electron chi connectivity index (χ3n) is 3.65. The van der Waals surface area contributed by atoms with Crippen LogP contribution in [0.3, 0.4) is 0 Å². The number of aromatic amines is 2. The van der Waals surface area contributed by atoms with Gasteiger partial charge in [0.25, 0.3) is 0 Å². The average molecular weight is 303 g/mol. The van der Waals surface area contributed by atoms with Crippen LogP contribution in [0.1, 0.15) is 15.9 Å². The number of hydrogen-bond donors (Lipinski definition) is 3. The second-order valence-corrected chi connectivity index (χ2v) is 5.07. The quantitative estimate of drug-likeness (QED) is 0.526. The number of nitrogens with one attached hydrogen (secondary N) is 2. The molecule has 2 aromatic heterocycles. The second kappa shape index (κ2) is 4.68. The number of carboxylic acid groups (broad SMARTS) is 1. The molecule has 0 atom stereocenters. The Morgan fingerprint density at radius 3 is 2.83 bits per heavy atom. The van der Waals surface area contributed by atoms with Crippen LogP contribution >= 0.6 is 0 Å². The van der Waals surface area contributed by atoms with Gasteiger partial charge in [0.15, 0.2) is 5.82 Å². The molecular formula is C16H9N5O2. The maximum Gasteiger partial charge on any atom is 0.335 e. The van der Waals surface area contributed by atoms with Crippen LogP contribution in [0, 0.1) is 11.3 Å². The summed E-state index contributed by atoms with van der Waals surface area (Å²) < 4.78 is 0. The lowest BCUT2D eigenvalue weighted by Gasteiger charge is -1.95. The third-order valence-corrected chi connectivity index (χ3v) is 3.65. The molecule has 3 N–H and O–H groups in total. The molecule has 0 saturated carbocycles. The maximum absolute atomic E-state index is 11.0. The van der Waals surface area contributed by atoms with Gasteiger partial charge in [-0.1, -0.05) is 0 Å². The summed E-state index contributed by atoms with van der Waals surface area (Å²) in [6.07, 6.45) is 0. The number of hydrogen-bond acceptors (Lipinski definition) is 4. The third kappa shape index (κ3) is 2.01. The first-order valence-corrected chi connectivity index (χ1v) is 6.77. The van der Waals surface area contributed by atoms with Crippen LogP contribution < -0.4 is 0 Å². The first kappa shape index (κ1) is 13.0. The molecule has 0 unspecified atom stereocenters. The summed E-state index contributed by atoms with van der Waals surface area (Å²) in [6, 6.07) is 12.0. The van der Waals surface area contributed by atoms with Gasteiger partial charge in [-0.15, -0.1) is 0 Å². The molecule has 0 radical (unpaired) electrons. The molecule has 4 aromatic rings. The van der Waals surface area contributed by atoms with Crippen molar-refractivity contribution in [1.82, 2.24) is 20.2 Å². The van der Waals surface area contributed by atoms with E-state index >= 15 is 0 Å². The smallest absolute Gasteiger partial charge is 0.335 e. The Hall–Kier alpha value is -3.66. The maximum atomic E-state index is 11.0. The number of carbonyl (C=O) groups is 1. The average Bonchev–Trinajstić information content (AvgIpc) is 3.16. The van der Waals surface area contributed by atoms with Crippen LogP contribution in [-0.4, -0.2) is 31.2 Å². The number of rotatable bonds is 2. The lowest BCUT2D eigenvalue weighted by atomic mass is 10.1. The number of aromatic nitrogens is 4. The van der Waals surface area contributed by atoms with Gasteiger partial charge in [-0.3, -0.25) is 5.10 Å². The van der Waals surface area contributed by atoms with Crippen molar-refractivity contribution in [2.24, 2.45) is 0 Å². The molecule has 0 aliphatic rings. The molecule has 110 valence electrons. The zero-order valence-corrected chi connectivity index (χ0v) is 11.7. The molecule has 7 nitrogen and oxygen atoms in total. The van der Waals surface area contributed by atoms with Crippen molar-refractivity contribution < 1.29 is 9.90 Å². The normalized spacial score (nSPS) is 10.9. The Balaban J connectivity index is 1.89. The second-order valence-electron chi connectivity index (χ2n) is 5.07. The molecule has 0 amide bonds. The zero-order valence-electron chi connectivity index (χ0n) is 11.7. The highest BCUT2D eigenvalue weighted by atomic mass is 16.4. The summed E-state index contributed by atoms with van der Waals surface area (Å²) in [7, 11) is 0. The van der Waals surface area contributed by atoms with Crippen molar-refractivity contribution in [2.45, 2.75) is 0 Å². The molecule has 0 spiro atoms. The van der Waals surface area contributed by atoms with Crippen LogP contribution in [0.5, 0.6) is 0 Å². The van der Waals surface area contributed by atoms with E-state index in [-0.39, 0.29) is 5.56 Å². The summed E-state index contributed by atoms with van der Waals surface area (Å²) in [4.78, 5) is 18.6. The monoisotopic (exact) mass is 303 g/mol. The number of nitrogens with zero attached hydrogens (tertiary/aromatic N) is 3. The lowest BCUT2D eigenvalue weighted by Crippen LogP contribution is -1.94. The molecule has 0 aliphatic carbocycles. The number of fused-ring (bicyclic) bond motifs is 2. The minimum Gasteiger partial charge on any atom is -0.478 e. The van der Waals surface area contributed by atoms with Crippen molar-refractivity contribution >= 4 is 27.9 Å². The largest absolute Gasteiger partial charge is 0.478 e. The van der Waals surface area contributed by atoms with E-state index in [2.05, 4.69) is 26.2 Å². The summed E-state index contributed by atoms with van der Waals surface area (Å²) in [6.45, 7) is 0. The summed E-state index contributed by atoms with van der Waals surface area (Å²) >= 11 is 0. The van der Waals surface area contributed by atoms with E-state index in [0.717, 1.165) is 16.4 Å². The lowest BCUT2D eigenvalue weighted by molar-refractivity contribution is 0.0697. The van der Waals surface area contributed by atoms with E-state index in [1.54, 1.807) is 24.3 Å². The van der Waals surface area contributed by atoms with Crippen molar-refractivity contribution in [3.63, 3.8) is 0 Å². The van der Waals surface area contributed by atoms with Gasteiger partial charge < -0.3 is 10.1 Å². The minimum atomic E-state index is -0.990. The van der Waals surface area contributed by atoms with Crippen molar-refractivity contribution in [3.8, 4) is 17.6 Å². The Kier molecular flexibility index (Phi) is 2.65. The van der Waals surface area contributed by atoms with Gasteiger partial charge in [0, 0.05) is 5.39 Å². The first-order valence-electron chi connectivity index (χ1n) is 6.77. The number of H-pyrrole nitrogens is 2. The van der Waals surface area contributed by atoms with Crippen LogP contribution in [0.15, 0.2) is 36.4 Å². The van der Waals surface area contributed by atoms with Gasteiger partial charge in [0.2, 0.25) is 0 Å². The standard InChI is InChI=1S/C16H9N5O2/c17-7-8-1-4-11-13(5-8)19-15(18-11)14-10-3-2-9(16(22)23)6-12(10)20-21-14/h1-6H,(H,18,19)(H,20,21)(H,22,23). The van der Waals surface area contributed by atoms with Gasteiger partial charge >= 0.3 is 5.97 Å². The minimum absolute atomic E-state index is 0.191. The van der Waals surface area contributed by atoms with E-state index in [4.69, 9.17) is 10.4 Å². The fourth-order valence-electron chi connectivity index (χ4n) is 2.52. The van der Waals surface area contributed by atoms with Crippen molar-refractivity contribution in [3.05, 3.63) is 47.5 Å². The summed E-state index contributed by atoms with van der Waals surface area (Å²) in [5, 5.41) is 25.8. The van der Waals surface area contributed by atoms with Crippen molar-refractivity contribution in [1.29, 1.82) is 5.26 Å². The molecule has 0 aliphatic heterocycles. The summed E-state index contributed by atoms with van der Waals surface area (Å²) in [5.74, 6) is -0.430. The van der Waals surface area contributed by atoms with Crippen molar-refractivity contribution in [2.75, 3.05) is 0 Å². The van der Waals surface area contributed by atoms with Crippen LogP contribution in [-0.2, 0) is 0 Å². The van der Waals surface area contributed by atoms with E-state index < -0.39 is 5.97 Å². The van der Waals surface area contributed by atoms with Crippen LogP contribution in [0.4, 0.5) is 0 Å². The molecular weight excluding hydrogens is 294 g/mol. The first-order chi connectivity index (χ1) is 11.2. The molecule has 0 saturated heterocycles. The fourth-order valence-corrected chi connectivity index (χ4v) is 2.52. The summed E-state index contributed by atoms with van der Waals surface area (Å²) in [5.41, 5.74) is 3.45. The molecule has 2 heterocycles. The molecule has 0 fully saturated rings. The highest BCUT2D eigenvalue weighted by Crippen LogP contribution is 2.27. The Bertz CT molecular complexity index is 1120. The molecule has 0 bridgehead atoms. The van der Waals surface area contributed by atoms with Gasteiger partial charge in [-0.2, -0.15) is 10.4 Å². The van der Waals surface area contributed by atoms with Gasteiger partial charge in [-0.25, -0.2) is 9.78 Å². The van der Waals surface area contributed by atoms with Gasteiger partial charge in [0.1, 0.15) is 5.69 Å². The highest BCUT2D eigenvalue weighted by Gasteiger charge is 2.14. The number of benzene rings is 2. The number of carboxylic acids is 1. The predicted octanol–water partition coefficient (Wildman–Crippen LogP) is 2.68. The molecule has 23 heavy (non-hydrogen) atoms.